The number of carbonyl (C=O) groups is 1. The van der Waals surface area contributed by atoms with Crippen molar-refractivity contribution >= 4 is 5.91 Å². The zero-order valence-corrected chi connectivity index (χ0v) is 10.7. The smallest absolute Gasteiger partial charge is 0.222 e. The summed E-state index contributed by atoms with van der Waals surface area (Å²) >= 11 is 0. The molecule has 0 radical (unpaired) electrons. The highest BCUT2D eigenvalue weighted by Crippen LogP contribution is 2.25. The van der Waals surface area contributed by atoms with Crippen molar-refractivity contribution in [3.05, 3.63) is 0 Å². The van der Waals surface area contributed by atoms with Crippen molar-refractivity contribution < 1.29 is 4.79 Å². The van der Waals surface area contributed by atoms with E-state index in [1.54, 1.807) is 0 Å². The topological polar surface area (TPSA) is 23.6 Å². The fourth-order valence-corrected chi connectivity index (χ4v) is 2.49. The summed E-state index contributed by atoms with van der Waals surface area (Å²) in [5.41, 5.74) is 0. The van der Waals surface area contributed by atoms with Crippen LogP contribution in [0.5, 0.6) is 0 Å². The van der Waals surface area contributed by atoms with Gasteiger partial charge in [-0.25, -0.2) is 0 Å². The number of nitrogens with zero attached hydrogens (tertiary/aromatic N) is 2. The Labute approximate surface area is 93.4 Å². The Balaban J connectivity index is 2.53. The summed E-state index contributed by atoms with van der Waals surface area (Å²) in [5.74, 6) is 0.290. The van der Waals surface area contributed by atoms with E-state index in [2.05, 4.69) is 32.6 Å². The summed E-state index contributed by atoms with van der Waals surface area (Å²) < 4.78 is 0. The summed E-state index contributed by atoms with van der Waals surface area (Å²) in [6.07, 6.45) is 0.630. The average Bonchev–Trinajstić information content (AvgIpc) is 2.21. The van der Waals surface area contributed by atoms with Gasteiger partial charge in [-0.05, 0) is 27.3 Å². The quantitative estimate of drug-likeness (QED) is 0.708. The van der Waals surface area contributed by atoms with Crippen molar-refractivity contribution in [2.45, 2.75) is 59.2 Å². The number of rotatable bonds is 4. The molecule has 1 amide bonds. The summed E-state index contributed by atoms with van der Waals surface area (Å²) in [5, 5.41) is 0. The Morgan fingerprint density at radius 2 is 2.07 bits per heavy atom. The van der Waals surface area contributed by atoms with E-state index in [0.717, 1.165) is 13.1 Å². The van der Waals surface area contributed by atoms with Gasteiger partial charge < -0.3 is 4.90 Å². The van der Waals surface area contributed by atoms with Crippen molar-refractivity contribution in [3.8, 4) is 0 Å². The first-order valence-electron chi connectivity index (χ1n) is 6.08. The zero-order chi connectivity index (χ0) is 11.6. The summed E-state index contributed by atoms with van der Waals surface area (Å²) in [6, 6.07) is 1.52. The Kier molecular flexibility index (Phi) is 4.14. The van der Waals surface area contributed by atoms with E-state index in [1.165, 1.54) is 0 Å². The second kappa shape index (κ2) is 4.97. The highest BCUT2D eigenvalue weighted by atomic mass is 16.2. The van der Waals surface area contributed by atoms with E-state index in [1.807, 2.05) is 11.8 Å². The highest BCUT2D eigenvalue weighted by molar-refractivity contribution is 5.77. The van der Waals surface area contributed by atoms with Crippen molar-refractivity contribution in [1.29, 1.82) is 0 Å². The van der Waals surface area contributed by atoms with Crippen LogP contribution in [-0.4, -0.2) is 46.9 Å². The molecule has 0 bridgehead atoms. The fraction of sp³-hybridized carbons (Fsp3) is 0.917. The lowest BCUT2D eigenvalue weighted by Crippen LogP contribution is -2.67. The molecular formula is C12H24N2O. The minimum atomic E-state index is 0.290. The normalized spacial score (nSPS) is 25.9. The predicted molar refractivity (Wildman–Crippen MR) is 62.8 cm³/mol. The van der Waals surface area contributed by atoms with Gasteiger partial charge in [-0.3, -0.25) is 9.69 Å². The van der Waals surface area contributed by atoms with Gasteiger partial charge in [0.1, 0.15) is 0 Å². The van der Waals surface area contributed by atoms with Gasteiger partial charge >= 0.3 is 0 Å². The van der Waals surface area contributed by atoms with Crippen molar-refractivity contribution in [2.24, 2.45) is 0 Å². The molecule has 0 aromatic heterocycles. The van der Waals surface area contributed by atoms with Gasteiger partial charge in [0.05, 0.1) is 0 Å². The van der Waals surface area contributed by atoms with Crippen LogP contribution in [0.25, 0.3) is 0 Å². The number of hydrogen-bond donors (Lipinski definition) is 0. The fourth-order valence-electron chi connectivity index (χ4n) is 2.49. The molecule has 0 aromatic carbocycles. The third-order valence-corrected chi connectivity index (χ3v) is 3.51. The number of hydrogen-bond acceptors (Lipinski definition) is 2. The van der Waals surface area contributed by atoms with Crippen LogP contribution >= 0.6 is 0 Å². The largest absolute Gasteiger partial charge is 0.337 e. The van der Waals surface area contributed by atoms with Gasteiger partial charge in [-0.15, -0.1) is 0 Å². The Morgan fingerprint density at radius 1 is 1.47 bits per heavy atom. The van der Waals surface area contributed by atoms with Crippen molar-refractivity contribution in [2.75, 3.05) is 13.1 Å². The van der Waals surface area contributed by atoms with Crippen LogP contribution in [0.2, 0.25) is 0 Å². The van der Waals surface area contributed by atoms with Crippen LogP contribution in [0.1, 0.15) is 41.0 Å². The molecular weight excluding hydrogens is 188 g/mol. The molecule has 88 valence electrons. The molecule has 0 saturated carbocycles. The molecule has 1 fully saturated rings. The summed E-state index contributed by atoms with van der Waals surface area (Å²) in [6.45, 7) is 12.7. The van der Waals surface area contributed by atoms with E-state index in [-0.39, 0.29) is 0 Å². The maximum Gasteiger partial charge on any atom is 0.222 e. The van der Waals surface area contributed by atoms with E-state index in [0.29, 0.717) is 30.5 Å². The zero-order valence-electron chi connectivity index (χ0n) is 10.7. The van der Waals surface area contributed by atoms with Crippen LogP contribution in [0.4, 0.5) is 0 Å². The molecule has 2 unspecified atom stereocenters. The molecule has 0 N–H and O–H groups in total. The van der Waals surface area contributed by atoms with Gasteiger partial charge in [-0.1, -0.05) is 13.8 Å². The molecule has 1 rings (SSSR count). The number of amides is 1. The second-order valence-electron chi connectivity index (χ2n) is 4.63. The van der Waals surface area contributed by atoms with Crippen LogP contribution in [0.3, 0.4) is 0 Å². The van der Waals surface area contributed by atoms with Gasteiger partial charge in [-0.2, -0.15) is 0 Å². The van der Waals surface area contributed by atoms with Gasteiger partial charge in [0.2, 0.25) is 5.91 Å². The molecule has 1 saturated heterocycles. The Bertz CT molecular complexity index is 228. The van der Waals surface area contributed by atoms with Crippen LogP contribution in [0, 0.1) is 0 Å². The third-order valence-electron chi connectivity index (χ3n) is 3.51. The predicted octanol–water partition coefficient (Wildman–Crippen LogP) is 1.73. The first-order valence-corrected chi connectivity index (χ1v) is 6.08. The van der Waals surface area contributed by atoms with Crippen molar-refractivity contribution in [3.63, 3.8) is 0 Å². The molecule has 0 aliphatic carbocycles. The lowest BCUT2D eigenvalue weighted by molar-refractivity contribution is -0.145. The second-order valence-corrected chi connectivity index (χ2v) is 4.63. The Morgan fingerprint density at radius 3 is 2.40 bits per heavy atom. The maximum absolute atomic E-state index is 11.5. The van der Waals surface area contributed by atoms with E-state index < -0.39 is 0 Å². The summed E-state index contributed by atoms with van der Waals surface area (Å²) in [7, 11) is 0. The van der Waals surface area contributed by atoms with Crippen LogP contribution in [-0.2, 0) is 4.79 Å². The van der Waals surface area contributed by atoms with Crippen LogP contribution in [0.15, 0.2) is 0 Å². The minimum absolute atomic E-state index is 0.290. The molecule has 3 nitrogen and oxygen atoms in total. The molecule has 15 heavy (non-hydrogen) atoms. The third kappa shape index (κ3) is 2.33. The molecule has 3 heteroatoms. The maximum atomic E-state index is 11.5. The molecule has 0 spiro atoms. The number of carbonyl (C=O) groups excluding carboxylic acids is 1. The van der Waals surface area contributed by atoms with E-state index >= 15 is 0 Å². The Hall–Kier alpha value is -0.570. The van der Waals surface area contributed by atoms with E-state index in [4.69, 9.17) is 0 Å². The number of likely N-dealkylation sites (tertiary alicyclic amines) is 1. The van der Waals surface area contributed by atoms with Gasteiger partial charge in [0.15, 0.2) is 0 Å². The molecule has 1 aliphatic heterocycles. The molecule has 1 heterocycles. The summed E-state index contributed by atoms with van der Waals surface area (Å²) in [4.78, 5) is 16.0. The SMILES string of the molecule is CCC(=O)N1CC(N(CC)C(C)C)C1C. The van der Waals surface area contributed by atoms with Gasteiger partial charge in [0.25, 0.3) is 0 Å². The lowest BCUT2D eigenvalue weighted by atomic mass is 9.94. The molecule has 0 aromatic rings. The monoisotopic (exact) mass is 212 g/mol. The average molecular weight is 212 g/mol. The number of likely N-dealkylation sites (N-methyl/N-ethyl adjacent to an activating group) is 1. The van der Waals surface area contributed by atoms with E-state index in [9.17, 15) is 4.79 Å². The lowest BCUT2D eigenvalue weighted by Gasteiger charge is -2.52. The van der Waals surface area contributed by atoms with Crippen LogP contribution < -0.4 is 0 Å². The molecule has 2 atom stereocenters. The highest BCUT2D eigenvalue weighted by Gasteiger charge is 2.41. The molecule has 1 aliphatic rings. The van der Waals surface area contributed by atoms with Crippen molar-refractivity contribution in [1.82, 2.24) is 9.80 Å². The first-order chi connectivity index (χ1) is 7.02. The van der Waals surface area contributed by atoms with Gasteiger partial charge in [0, 0.05) is 31.1 Å². The first kappa shape index (κ1) is 12.5. The minimum Gasteiger partial charge on any atom is -0.337 e. The standard InChI is InChI=1S/C12H24N2O/c1-6-12(15)14-8-11(10(14)5)13(7-2)9(3)4/h9-11H,6-8H2,1-5H3.